The van der Waals surface area contributed by atoms with E-state index >= 15 is 0 Å². The van der Waals surface area contributed by atoms with Gasteiger partial charge < -0.3 is 15.8 Å². The van der Waals surface area contributed by atoms with Gasteiger partial charge in [0, 0.05) is 12.6 Å². The molecule has 1 fully saturated rings. The Bertz CT molecular complexity index is 378. The zero-order valence-electron chi connectivity index (χ0n) is 9.23. The van der Waals surface area contributed by atoms with Crippen molar-refractivity contribution in [3.8, 4) is 0 Å². The second-order valence-electron chi connectivity index (χ2n) is 4.08. The molecule has 0 spiro atoms. The average Bonchev–Trinajstić information content (AvgIpc) is 2.64. The molecule has 2 atom stereocenters. The van der Waals surface area contributed by atoms with E-state index in [0.717, 1.165) is 12.8 Å². The Morgan fingerprint density at radius 2 is 2.50 bits per heavy atom. The van der Waals surface area contributed by atoms with E-state index in [1.54, 1.807) is 6.07 Å². The number of nitrogen functional groups attached to an aromatic ring is 1. The van der Waals surface area contributed by atoms with Crippen LogP contribution in [0.1, 0.15) is 29.4 Å². The molecule has 1 aromatic heterocycles. The van der Waals surface area contributed by atoms with Gasteiger partial charge in [0.1, 0.15) is 4.88 Å². The molecule has 1 amide bonds. The molecule has 4 nitrogen and oxygen atoms in total. The number of amides is 1. The van der Waals surface area contributed by atoms with E-state index in [-0.39, 0.29) is 18.1 Å². The molecule has 16 heavy (non-hydrogen) atoms. The third kappa shape index (κ3) is 2.54. The molecule has 5 heteroatoms. The third-order valence-corrected chi connectivity index (χ3v) is 3.65. The molecule has 1 aromatic rings. The summed E-state index contributed by atoms with van der Waals surface area (Å²) in [4.78, 5) is 12.5. The maximum absolute atomic E-state index is 11.9. The maximum Gasteiger partial charge on any atom is 0.263 e. The Hall–Kier alpha value is -1.07. The van der Waals surface area contributed by atoms with Crippen molar-refractivity contribution >= 4 is 22.9 Å². The van der Waals surface area contributed by atoms with Crippen LogP contribution < -0.4 is 11.1 Å². The van der Waals surface area contributed by atoms with E-state index in [1.807, 2.05) is 12.3 Å². The summed E-state index contributed by atoms with van der Waals surface area (Å²) >= 11 is 1.38. The van der Waals surface area contributed by atoms with Crippen molar-refractivity contribution in [3.05, 3.63) is 16.3 Å². The summed E-state index contributed by atoms with van der Waals surface area (Å²) in [5, 5.41) is 4.83. The monoisotopic (exact) mass is 240 g/mol. The van der Waals surface area contributed by atoms with E-state index in [1.165, 1.54) is 11.3 Å². The number of nitrogens with two attached hydrogens (primary N) is 1. The Balaban J connectivity index is 1.95. The Labute approximate surface area is 98.8 Å². The number of anilines is 1. The molecule has 88 valence electrons. The van der Waals surface area contributed by atoms with Crippen LogP contribution in [0.5, 0.6) is 0 Å². The van der Waals surface area contributed by atoms with Gasteiger partial charge in [-0.3, -0.25) is 4.79 Å². The van der Waals surface area contributed by atoms with Gasteiger partial charge in [-0.25, -0.2) is 0 Å². The van der Waals surface area contributed by atoms with E-state index in [2.05, 4.69) is 5.32 Å². The summed E-state index contributed by atoms with van der Waals surface area (Å²) in [5.41, 5.74) is 6.26. The van der Waals surface area contributed by atoms with E-state index < -0.39 is 0 Å². The van der Waals surface area contributed by atoms with Crippen LogP contribution in [0, 0.1) is 0 Å². The molecular weight excluding hydrogens is 224 g/mol. The first-order chi connectivity index (χ1) is 7.66. The van der Waals surface area contributed by atoms with E-state index in [0.29, 0.717) is 17.2 Å². The molecule has 3 N–H and O–H groups in total. The molecule has 0 aliphatic carbocycles. The van der Waals surface area contributed by atoms with Gasteiger partial charge in [-0.15, -0.1) is 11.3 Å². The second-order valence-corrected chi connectivity index (χ2v) is 5.00. The first kappa shape index (κ1) is 11.4. The molecule has 0 saturated carbocycles. The predicted molar refractivity (Wildman–Crippen MR) is 64.6 cm³/mol. The van der Waals surface area contributed by atoms with Gasteiger partial charge in [0.15, 0.2) is 0 Å². The molecular formula is C11H16N2O2S. The summed E-state index contributed by atoms with van der Waals surface area (Å²) in [6, 6.07) is 1.96. The first-order valence-corrected chi connectivity index (χ1v) is 6.30. The van der Waals surface area contributed by atoms with Crippen molar-refractivity contribution in [2.24, 2.45) is 0 Å². The van der Waals surface area contributed by atoms with Crippen LogP contribution in [0.25, 0.3) is 0 Å². The maximum atomic E-state index is 11.9. The lowest BCUT2D eigenvalue weighted by atomic mass is 10.0. The number of hydrogen-bond donors (Lipinski definition) is 2. The Morgan fingerprint density at radius 3 is 3.12 bits per heavy atom. The molecule has 1 aliphatic rings. The number of thiophene rings is 1. The quantitative estimate of drug-likeness (QED) is 0.825. The molecule has 1 saturated heterocycles. The molecule has 1 aliphatic heterocycles. The van der Waals surface area contributed by atoms with Crippen LogP contribution in [0.3, 0.4) is 0 Å². The zero-order chi connectivity index (χ0) is 11.5. The van der Waals surface area contributed by atoms with Crippen LogP contribution in [0.4, 0.5) is 5.69 Å². The van der Waals surface area contributed by atoms with Gasteiger partial charge in [-0.05, 0) is 31.2 Å². The normalized spacial score (nSPS) is 25.3. The van der Waals surface area contributed by atoms with E-state index in [9.17, 15) is 4.79 Å². The zero-order valence-corrected chi connectivity index (χ0v) is 10.0. The van der Waals surface area contributed by atoms with Crippen molar-refractivity contribution in [1.82, 2.24) is 5.32 Å². The average molecular weight is 240 g/mol. The van der Waals surface area contributed by atoms with Crippen molar-refractivity contribution < 1.29 is 9.53 Å². The van der Waals surface area contributed by atoms with Crippen molar-refractivity contribution in [1.29, 1.82) is 0 Å². The van der Waals surface area contributed by atoms with Gasteiger partial charge in [0.05, 0.1) is 11.8 Å². The smallest absolute Gasteiger partial charge is 0.263 e. The minimum atomic E-state index is -0.0633. The molecule has 0 radical (unpaired) electrons. The number of hydrogen-bond acceptors (Lipinski definition) is 4. The molecule has 0 aromatic carbocycles. The van der Waals surface area contributed by atoms with Gasteiger partial charge >= 0.3 is 0 Å². The summed E-state index contributed by atoms with van der Waals surface area (Å²) in [6.45, 7) is 2.74. The fourth-order valence-electron chi connectivity index (χ4n) is 1.88. The minimum Gasteiger partial charge on any atom is -0.397 e. The predicted octanol–water partition coefficient (Wildman–Crippen LogP) is 1.63. The topological polar surface area (TPSA) is 64.4 Å². The fraction of sp³-hybridized carbons (Fsp3) is 0.545. The van der Waals surface area contributed by atoms with Crippen LogP contribution in [0.15, 0.2) is 11.4 Å². The van der Waals surface area contributed by atoms with Crippen molar-refractivity contribution in [2.45, 2.75) is 31.9 Å². The van der Waals surface area contributed by atoms with E-state index in [4.69, 9.17) is 10.5 Å². The fourth-order valence-corrected chi connectivity index (χ4v) is 2.60. The van der Waals surface area contributed by atoms with Crippen molar-refractivity contribution in [3.63, 3.8) is 0 Å². The highest BCUT2D eigenvalue weighted by atomic mass is 32.1. The lowest BCUT2D eigenvalue weighted by Gasteiger charge is -2.27. The molecule has 2 rings (SSSR count). The highest BCUT2D eigenvalue weighted by molar-refractivity contribution is 7.12. The second kappa shape index (κ2) is 4.84. The summed E-state index contributed by atoms with van der Waals surface area (Å²) in [6.07, 6.45) is 1.97. The lowest BCUT2D eigenvalue weighted by molar-refractivity contribution is 0.0137. The molecule has 0 bridgehead atoms. The number of carbonyl (C=O) groups excluding carboxylic acids is 1. The summed E-state index contributed by atoms with van der Waals surface area (Å²) < 4.78 is 5.43. The highest BCUT2D eigenvalue weighted by Crippen LogP contribution is 2.20. The van der Waals surface area contributed by atoms with Gasteiger partial charge in [-0.2, -0.15) is 0 Å². The standard InChI is InChI=1S/C11H16N2O2S/c1-7-6-8(2-4-15-7)13-11(14)10-9(12)3-5-16-10/h3,5,7-8H,2,4,6,12H2,1H3,(H,13,14). The Morgan fingerprint density at radius 1 is 1.69 bits per heavy atom. The van der Waals surface area contributed by atoms with Gasteiger partial charge in [0.2, 0.25) is 0 Å². The minimum absolute atomic E-state index is 0.0633. The van der Waals surface area contributed by atoms with Crippen LogP contribution >= 0.6 is 11.3 Å². The summed E-state index contributed by atoms with van der Waals surface area (Å²) in [5.74, 6) is -0.0633. The third-order valence-electron chi connectivity index (χ3n) is 2.72. The largest absolute Gasteiger partial charge is 0.397 e. The molecule has 2 heterocycles. The summed E-state index contributed by atoms with van der Waals surface area (Å²) in [7, 11) is 0. The van der Waals surface area contributed by atoms with Crippen molar-refractivity contribution in [2.75, 3.05) is 12.3 Å². The van der Waals surface area contributed by atoms with Crippen LogP contribution in [-0.2, 0) is 4.74 Å². The number of rotatable bonds is 2. The number of carbonyl (C=O) groups is 1. The highest BCUT2D eigenvalue weighted by Gasteiger charge is 2.22. The van der Waals surface area contributed by atoms with Crippen LogP contribution in [0.2, 0.25) is 0 Å². The lowest BCUT2D eigenvalue weighted by Crippen LogP contribution is -2.41. The number of ether oxygens (including phenoxy) is 1. The molecule has 2 unspecified atom stereocenters. The first-order valence-electron chi connectivity index (χ1n) is 5.42. The van der Waals surface area contributed by atoms with Gasteiger partial charge in [0.25, 0.3) is 5.91 Å². The number of nitrogens with one attached hydrogen (secondary N) is 1. The van der Waals surface area contributed by atoms with Crippen LogP contribution in [-0.4, -0.2) is 24.7 Å². The SMILES string of the molecule is CC1CC(NC(=O)c2sccc2N)CCO1. The Kier molecular flexibility index (Phi) is 3.46. The van der Waals surface area contributed by atoms with Gasteiger partial charge in [-0.1, -0.05) is 0 Å².